The zero-order valence-corrected chi connectivity index (χ0v) is 74.9. The molecule has 0 radical (unpaired) electrons. The van der Waals surface area contributed by atoms with E-state index in [4.69, 9.17) is 75.8 Å². The van der Waals surface area contributed by atoms with Crippen LogP contribution in [0.15, 0.2) is 121 Å². The van der Waals surface area contributed by atoms with Gasteiger partial charge in [0.15, 0.2) is 0 Å². The van der Waals surface area contributed by atoms with Crippen LogP contribution in [0.2, 0.25) is 0 Å². The fourth-order valence-electron chi connectivity index (χ4n) is 16.5. The minimum Gasteiger partial charge on any atom is -0.490 e. The second-order valence-corrected chi connectivity index (χ2v) is 34.5. The number of benzene rings is 10. The Kier molecular flexibility index (Phi) is 28.0. The molecule has 0 amide bonds. The molecule has 122 heavy (non-hydrogen) atoms. The van der Waals surface area contributed by atoms with Crippen molar-refractivity contribution in [1.82, 2.24) is 0 Å². The first-order valence-electron chi connectivity index (χ1n) is 42.9. The van der Waals surface area contributed by atoms with Crippen molar-refractivity contribution in [1.29, 1.82) is 0 Å². The molecule has 0 aromatic heterocycles. The quantitative estimate of drug-likeness (QED) is 0.0345. The summed E-state index contributed by atoms with van der Waals surface area (Å²) in [5, 5.41) is 22.3. The summed E-state index contributed by atoms with van der Waals surface area (Å²) in [5.74, 6) is 8.50. The largest absolute Gasteiger partial charge is 0.490 e. The van der Waals surface area contributed by atoms with E-state index < -0.39 is 18.3 Å². The second-order valence-electron chi connectivity index (χ2n) is 34.5. The molecule has 2 N–H and O–H groups in total. The van der Waals surface area contributed by atoms with E-state index in [9.17, 15) is 10.2 Å². The number of aliphatic hydroxyl groups excluding tert-OH is 2. The predicted octanol–water partition coefficient (Wildman–Crippen LogP) is 19.9. The van der Waals surface area contributed by atoms with E-state index in [-0.39, 0.29) is 70.2 Å². The molecule has 10 aromatic carbocycles. The van der Waals surface area contributed by atoms with Crippen LogP contribution in [-0.4, -0.2) is 165 Å². The minimum absolute atomic E-state index is 0.0133. The molecule has 0 aliphatic carbocycles. The van der Waals surface area contributed by atoms with Crippen molar-refractivity contribution < 1.29 is 86.0 Å². The molecule has 0 bridgehead atoms. The van der Waals surface area contributed by atoms with Crippen molar-refractivity contribution in [3.05, 3.63) is 233 Å². The summed E-state index contributed by atoms with van der Waals surface area (Å²) in [6, 6.07) is 43.2. The average molecular weight is 1660 g/mol. The summed E-state index contributed by atoms with van der Waals surface area (Å²) in [5.41, 5.74) is 32.2. The highest BCUT2D eigenvalue weighted by atomic mass is 16.6. The molecule has 5 fully saturated rings. The zero-order valence-electron chi connectivity index (χ0n) is 74.9. The Morgan fingerprint density at radius 1 is 0.205 bits per heavy atom. The lowest BCUT2D eigenvalue weighted by molar-refractivity contribution is -0.0541. The van der Waals surface area contributed by atoms with Crippen molar-refractivity contribution in [2.24, 2.45) is 0 Å². The standard InChI is InChI=1S/C63H74O11.C41H48O7/c1-35-13-47(48-15-37(3)59(38(4)16-48)70-30-54-27-66-54)14-36(2)58(35)69-26-53(64)25-65-57(33-73-62-43(9)21-51(22-44(62)10)49-17-39(5)60(40(6)18-49)71-31-55-28-67-55)34-74-63-45(11)23-52(24-46(63)12)50-19-41(7)61(42(8)20-50)72-32-56-29-68-56;1-23-9-31(33-13-27(5)40(28(6)14-33)47-21-36-19-43-36)10-24(2)38(23)45-17-35(42)18-46-39-25(3)11-32(12-26(39)4)34-15-29(7)41(30(8)16-34)48-22-37-20-44-37/h13-24,53-57,64H,25-34H2,1-12H3;9-16,35-37,42H,17-22H2,1-8H3. The topological polar surface area (TPSA) is 205 Å². The second kappa shape index (κ2) is 38.7. The Bertz CT molecular complexity index is 4950. The lowest BCUT2D eigenvalue weighted by Crippen LogP contribution is -2.34. The number of aryl methyl sites for hydroxylation is 20. The van der Waals surface area contributed by atoms with Crippen molar-refractivity contribution in [3.8, 4) is 113 Å². The van der Waals surface area contributed by atoms with Crippen molar-refractivity contribution in [2.45, 2.75) is 187 Å². The van der Waals surface area contributed by atoms with E-state index in [1.165, 1.54) is 0 Å². The molecule has 18 heteroatoms. The van der Waals surface area contributed by atoms with Crippen LogP contribution in [0.4, 0.5) is 0 Å². The normalized spacial score (nSPS) is 17.3. The molecule has 18 nitrogen and oxygen atoms in total. The molecule has 5 aliphatic heterocycles. The Hall–Kier alpha value is -10.1. The monoisotopic (exact) mass is 1660 g/mol. The SMILES string of the molecule is Cc1cc(-c2cc(C)c(OCC3CO3)c(C)c2)cc(C)c1OCC(O)COC(COc1c(C)cc(-c2cc(C)c(OCC3CO3)c(C)c2)cc1C)COc1c(C)cc(-c2cc(C)c(OCC3CO3)c(C)c2)cc1C.Cc1cc(-c2cc(C)c(OCC3CO3)c(C)c2)cc(C)c1OCC(O)COc1c(C)cc(-c2cc(C)c(OCC3CO3)c(C)c2)cc1C. The van der Waals surface area contributed by atoms with Gasteiger partial charge in [0.05, 0.1) is 39.6 Å². The summed E-state index contributed by atoms with van der Waals surface area (Å²) in [6.45, 7) is 48.9. The lowest BCUT2D eigenvalue weighted by Gasteiger charge is -2.24. The van der Waals surface area contributed by atoms with Crippen LogP contribution in [-0.2, 0) is 28.4 Å². The van der Waals surface area contributed by atoms with E-state index in [0.29, 0.717) is 33.0 Å². The summed E-state index contributed by atoms with van der Waals surface area (Å²) < 4.78 is 95.5. The fraction of sp³-hybridized carbons (Fsp3) is 0.423. The molecule has 5 heterocycles. The van der Waals surface area contributed by atoms with Crippen LogP contribution in [0.5, 0.6) is 57.5 Å². The number of epoxide rings is 5. The lowest BCUT2D eigenvalue weighted by atomic mass is 9.96. The van der Waals surface area contributed by atoms with Gasteiger partial charge in [-0.15, -0.1) is 0 Å². The fourth-order valence-corrected chi connectivity index (χ4v) is 16.5. The molecule has 6 atom stereocenters. The molecule has 6 unspecified atom stereocenters. The van der Waals surface area contributed by atoms with Gasteiger partial charge in [-0.25, -0.2) is 0 Å². The first kappa shape index (κ1) is 88.2. The third kappa shape index (κ3) is 22.6. The van der Waals surface area contributed by atoms with Crippen molar-refractivity contribution in [3.63, 3.8) is 0 Å². The predicted molar refractivity (Wildman–Crippen MR) is 480 cm³/mol. The molecule has 0 spiro atoms. The van der Waals surface area contributed by atoms with E-state index in [1.54, 1.807) is 0 Å². The Balaban J connectivity index is 0.000000218. The van der Waals surface area contributed by atoms with Crippen molar-refractivity contribution >= 4 is 0 Å². The van der Waals surface area contributed by atoms with Gasteiger partial charge in [-0.1, -0.05) is 0 Å². The maximum atomic E-state index is 11.4. The Labute approximate surface area is 720 Å². The van der Waals surface area contributed by atoms with Crippen LogP contribution in [0, 0.1) is 138 Å². The van der Waals surface area contributed by atoms with Gasteiger partial charge in [0, 0.05) is 0 Å². The van der Waals surface area contributed by atoms with Crippen LogP contribution in [0.25, 0.3) is 55.6 Å². The molecular weight excluding hydrogens is 1540 g/mol. The number of hydrogen-bond acceptors (Lipinski definition) is 18. The highest BCUT2D eigenvalue weighted by Crippen LogP contribution is 2.42. The Morgan fingerprint density at radius 3 is 0.467 bits per heavy atom. The smallest absolute Gasteiger partial charge is 0.125 e. The number of ether oxygens (including phenoxy) is 16. The van der Waals surface area contributed by atoms with E-state index >= 15 is 0 Å². The maximum Gasteiger partial charge on any atom is 0.125 e. The molecule has 5 aliphatic rings. The summed E-state index contributed by atoms with van der Waals surface area (Å²) in [6.07, 6.45) is -1.21. The van der Waals surface area contributed by atoms with Gasteiger partial charge in [-0.05, 0) is 427 Å². The number of rotatable bonds is 38. The van der Waals surface area contributed by atoms with Crippen LogP contribution < -0.4 is 47.4 Å². The summed E-state index contributed by atoms with van der Waals surface area (Å²) in [4.78, 5) is 0. The molecular formula is C104H122O18. The number of aliphatic hydroxyl groups is 2. The first-order chi connectivity index (χ1) is 58.4. The van der Waals surface area contributed by atoms with Gasteiger partial charge in [0.25, 0.3) is 0 Å². The molecule has 10 aromatic rings. The third-order valence-corrected chi connectivity index (χ3v) is 23.0. The van der Waals surface area contributed by atoms with E-state index in [2.05, 4.69) is 218 Å². The summed E-state index contributed by atoms with van der Waals surface area (Å²) in [7, 11) is 0. The first-order valence-corrected chi connectivity index (χ1v) is 42.9. The van der Waals surface area contributed by atoms with Gasteiger partial charge < -0.3 is 86.0 Å². The maximum absolute atomic E-state index is 11.4. The zero-order chi connectivity index (χ0) is 86.5. The minimum atomic E-state index is -0.920. The highest BCUT2D eigenvalue weighted by molar-refractivity contribution is 5.75. The third-order valence-electron chi connectivity index (χ3n) is 23.0. The summed E-state index contributed by atoms with van der Waals surface area (Å²) >= 11 is 0. The van der Waals surface area contributed by atoms with Gasteiger partial charge in [-0.3, -0.25) is 0 Å². The Morgan fingerprint density at radius 2 is 0.328 bits per heavy atom. The van der Waals surface area contributed by atoms with Crippen LogP contribution >= 0.6 is 0 Å². The van der Waals surface area contributed by atoms with Gasteiger partial charge in [0.1, 0.15) is 172 Å². The number of hydrogen-bond donors (Lipinski definition) is 2. The average Bonchev–Trinajstić information content (AvgIpc) is 1.55. The van der Waals surface area contributed by atoms with E-state index in [1.807, 2.05) is 41.5 Å². The van der Waals surface area contributed by atoms with Gasteiger partial charge >= 0.3 is 0 Å². The van der Waals surface area contributed by atoms with Gasteiger partial charge in [0.2, 0.25) is 0 Å². The van der Waals surface area contributed by atoms with Crippen LogP contribution in [0.3, 0.4) is 0 Å². The molecule has 646 valence electrons. The van der Waals surface area contributed by atoms with Gasteiger partial charge in [-0.2, -0.15) is 0 Å². The van der Waals surface area contributed by atoms with Crippen molar-refractivity contribution in [2.75, 3.05) is 106 Å². The molecule has 15 rings (SSSR count). The van der Waals surface area contributed by atoms with E-state index in [0.717, 1.165) is 257 Å². The highest BCUT2D eigenvalue weighted by Gasteiger charge is 2.30. The molecule has 5 saturated heterocycles. The van der Waals surface area contributed by atoms with Crippen LogP contribution in [0.1, 0.15) is 111 Å². The molecule has 0 saturated carbocycles.